The second kappa shape index (κ2) is 3.01. The summed E-state index contributed by atoms with van der Waals surface area (Å²) in [5.41, 5.74) is 0.666. The van der Waals surface area contributed by atoms with E-state index in [0.717, 1.165) is 5.56 Å². The minimum absolute atomic E-state index is 0.171. The summed E-state index contributed by atoms with van der Waals surface area (Å²) in [6.45, 7) is 2.36. The second-order valence-electron chi connectivity index (χ2n) is 3.95. The first-order valence-corrected chi connectivity index (χ1v) is 4.55. The van der Waals surface area contributed by atoms with E-state index < -0.39 is 0 Å². The monoisotopic (exact) mass is 192 g/mol. The minimum atomic E-state index is -0.282. The molecule has 0 aliphatic carbocycles. The molecule has 1 unspecified atom stereocenters. The number of phenols is 1. The standard InChI is InChI=1S/C11H12O3/c1-11(6-10(13)14-7-11)8-3-2-4-9(12)5-8/h2-5,12H,6-7H2,1H3. The summed E-state index contributed by atoms with van der Waals surface area (Å²) in [6, 6.07) is 6.98. The molecule has 1 aliphatic rings. The van der Waals surface area contributed by atoms with Crippen LogP contribution in [0.15, 0.2) is 24.3 Å². The van der Waals surface area contributed by atoms with Crippen LogP contribution in [0.25, 0.3) is 0 Å². The Morgan fingerprint density at radius 3 is 2.86 bits per heavy atom. The van der Waals surface area contributed by atoms with Crippen molar-refractivity contribution in [3.05, 3.63) is 29.8 Å². The zero-order chi connectivity index (χ0) is 10.2. The van der Waals surface area contributed by atoms with E-state index in [2.05, 4.69) is 0 Å². The van der Waals surface area contributed by atoms with Gasteiger partial charge in [-0.25, -0.2) is 0 Å². The lowest BCUT2D eigenvalue weighted by Gasteiger charge is -2.20. The average Bonchev–Trinajstić information content (AvgIpc) is 2.48. The number of carbonyl (C=O) groups is 1. The number of benzene rings is 1. The van der Waals surface area contributed by atoms with Gasteiger partial charge in [0.05, 0.1) is 6.42 Å². The Morgan fingerprint density at radius 2 is 2.29 bits per heavy atom. The van der Waals surface area contributed by atoms with E-state index in [9.17, 15) is 9.90 Å². The van der Waals surface area contributed by atoms with E-state index in [4.69, 9.17) is 4.74 Å². The van der Waals surface area contributed by atoms with E-state index >= 15 is 0 Å². The molecule has 3 heteroatoms. The van der Waals surface area contributed by atoms with Crippen LogP contribution in [-0.4, -0.2) is 17.7 Å². The van der Waals surface area contributed by atoms with Crippen LogP contribution in [0.1, 0.15) is 18.9 Å². The number of ether oxygens (including phenoxy) is 1. The predicted molar refractivity (Wildman–Crippen MR) is 51.0 cm³/mol. The molecule has 1 heterocycles. The van der Waals surface area contributed by atoms with E-state index in [1.54, 1.807) is 18.2 Å². The van der Waals surface area contributed by atoms with Gasteiger partial charge in [-0.05, 0) is 17.7 Å². The van der Waals surface area contributed by atoms with Gasteiger partial charge in [0.1, 0.15) is 12.4 Å². The number of hydrogen-bond acceptors (Lipinski definition) is 3. The maximum Gasteiger partial charge on any atom is 0.306 e. The van der Waals surface area contributed by atoms with E-state index in [1.165, 1.54) is 0 Å². The number of rotatable bonds is 1. The quantitative estimate of drug-likeness (QED) is 0.687. The van der Waals surface area contributed by atoms with Crippen LogP contribution in [0, 0.1) is 0 Å². The van der Waals surface area contributed by atoms with Crippen molar-refractivity contribution in [3.63, 3.8) is 0 Å². The molecule has 0 aromatic heterocycles. The Hall–Kier alpha value is -1.51. The third-order valence-corrected chi connectivity index (χ3v) is 2.63. The van der Waals surface area contributed by atoms with Gasteiger partial charge in [-0.3, -0.25) is 4.79 Å². The van der Waals surface area contributed by atoms with Crippen molar-refractivity contribution in [2.45, 2.75) is 18.8 Å². The topological polar surface area (TPSA) is 46.5 Å². The van der Waals surface area contributed by atoms with Crippen LogP contribution >= 0.6 is 0 Å². The summed E-state index contributed by atoms with van der Waals surface area (Å²) in [5, 5.41) is 9.33. The number of aromatic hydroxyl groups is 1. The number of carbonyl (C=O) groups excluding carboxylic acids is 1. The van der Waals surface area contributed by atoms with Crippen molar-refractivity contribution in [2.24, 2.45) is 0 Å². The number of esters is 1. The Kier molecular flexibility index (Phi) is 1.95. The maximum absolute atomic E-state index is 11.0. The fourth-order valence-corrected chi connectivity index (χ4v) is 1.73. The predicted octanol–water partition coefficient (Wildman–Crippen LogP) is 1.60. The SMILES string of the molecule is CC1(c2cccc(O)c2)COC(=O)C1. The van der Waals surface area contributed by atoms with Crippen LogP contribution in [0.3, 0.4) is 0 Å². The molecule has 74 valence electrons. The van der Waals surface area contributed by atoms with Gasteiger partial charge < -0.3 is 9.84 Å². The zero-order valence-electron chi connectivity index (χ0n) is 7.99. The van der Waals surface area contributed by atoms with E-state index in [1.807, 2.05) is 13.0 Å². The van der Waals surface area contributed by atoms with Crippen molar-refractivity contribution in [2.75, 3.05) is 6.61 Å². The molecule has 3 nitrogen and oxygen atoms in total. The van der Waals surface area contributed by atoms with Crippen molar-refractivity contribution in [1.82, 2.24) is 0 Å². The second-order valence-corrected chi connectivity index (χ2v) is 3.95. The highest BCUT2D eigenvalue weighted by Gasteiger charge is 2.37. The third kappa shape index (κ3) is 1.45. The molecule has 0 radical (unpaired) electrons. The fraction of sp³-hybridized carbons (Fsp3) is 0.364. The Labute approximate surface area is 82.3 Å². The molecule has 2 rings (SSSR count). The lowest BCUT2D eigenvalue weighted by molar-refractivity contribution is -0.137. The molecule has 1 aromatic rings. The first kappa shape index (κ1) is 9.06. The first-order valence-electron chi connectivity index (χ1n) is 4.55. The van der Waals surface area contributed by atoms with Gasteiger partial charge >= 0.3 is 5.97 Å². The van der Waals surface area contributed by atoms with Crippen LogP contribution in [0.2, 0.25) is 0 Å². The van der Waals surface area contributed by atoms with Crippen molar-refractivity contribution >= 4 is 5.97 Å². The highest BCUT2D eigenvalue weighted by Crippen LogP contribution is 2.34. The van der Waals surface area contributed by atoms with Crippen LogP contribution in [0.4, 0.5) is 0 Å². The number of phenolic OH excluding ortho intramolecular Hbond substituents is 1. The molecule has 14 heavy (non-hydrogen) atoms. The number of cyclic esters (lactones) is 1. The molecule has 0 saturated carbocycles. The molecule has 1 N–H and O–H groups in total. The smallest absolute Gasteiger partial charge is 0.306 e. The molecule has 1 atom stereocenters. The molecule has 0 spiro atoms. The molecular weight excluding hydrogens is 180 g/mol. The van der Waals surface area contributed by atoms with Crippen molar-refractivity contribution in [1.29, 1.82) is 0 Å². The summed E-state index contributed by atoms with van der Waals surface area (Å²) in [5.74, 6) is 0.0546. The lowest BCUT2D eigenvalue weighted by atomic mass is 9.82. The highest BCUT2D eigenvalue weighted by molar-refractivity contribution is 5.74. The van der Waals surface area contributed by atoms with Crippen molar-refractivity contribution in [3.8, 4) is 5.75 Å². The van der Waals surface area contributed by atoms with Gasteiger partial charge in [0.25, 0.3) is 0 Å². The largest absolute Gasteiger partial charge is 0.508 e. The van der Waals surface area contributed by atoms with Crippen LogP contribution in [-0.2, 0) is 14.9 Å². The van der Waals surface area contributed by atoms with Crippen LogP contribution < -0.4 is 0 Å². The minimum Gasteiger partial charge on any atom is -0.508 e. The summed E-state index contributed by atoms with van der Waals surface area (Å²) >= 11 is 0. The summed E-state index contributed by atoms with van der Waals surface area (Å²) in [6.07, 6.45) is 0.385. The van der Waals surface area contributed by atoms with Gasteiger partial charge in [0, 0.05) is 5.41 Å². The Bertz CT molecular complexity index is 373. The molecule has 1 fully saturated rings. The maximum atomic E-state index is 11.0. The summed E-state index contributed by atoms with van der Waals surface area (Å²) < 4.78 is 4.94. The molecule has 1 aromatic carbocycles. The third-order valence-electron chi connectivity index (χ3n) is 2.63. The Balaban J connectivity index is 2.34. The lowest BCUT2D eigenvalue weighted by Crippen LogP contribution is -2.21. The molecule has 1 aliphatic heterocycles. The molecule has 0 amide bonds. The van der Waals surface area contributed by atoms with Crippen molar-refractivity contribution < 1.29 is 14.6 Å². The summed E-state index contributed by atoms with van der Waals surface area (Å²) in [4.78, 5) is 11.0. The van der Waals surface area contributed by atoms with Gasteiger partial charge in [-0.15, -0.1) is 0 Å². The van der Waals surface area contributed by atoms with E-state index in [-0.39, 0.29) is 17.1 Å². The van der Waals surface area contributed by atoms with Crippen LogP contribution in [0.5, 0.6) is 5.75 Å². The van der Waals surface area contributed by atoms with Gasteiger partial charge in [0.15, 0.2) is 0 Å². The average molecular weight is 192 g/mol. The fourth-order valence-electron chi connectivity index (χ4n) is 1.73. The molecule has 0 bridgehead atoms. The molecule has 1 saturated heterocycles. The van der Waals surface area contributed by atoms with Gasteiger partial charge in [0.2, 0.25) is 0 Å². The molecular formula is C11H12O3. The van der Waals surface area contributed by atoms with Gasteiger partial charge in [-0.1, -0.05) is 19.1 Å². The normalized spacial score (nSPS) is 26.2. The van der Waals surface area contributed by atoms with E-state index in [0.29, 0.717) is 13.0 Å². The Morgan fingerprint density at radius 1 is 1.50 bits per heavy atom. The van der Waals surface area contributed by atoms with Gasteiger partial charge in [-0.2, -0.15) is 0 Å². The first-order chi connectivity index (χ1) is 6.60. The zero-order valence-corrected chi connectivity index (χ0v) is 7.99. The number of hydrogen-bond donors (Lipinski definition) is 1. The summed E-state index contributed by atoms with van der Waals surface area (Å²) in [7, 11) is 0. The highest BCUT2D eigenvalue weighted by atomic mass is 16.5.